The highest BCUT2D eigenvalue weighted by atomic mass is 32.2. The van der Waals surface area contributed by atoms with Crippen molar-refractivity contribution in [3.63, 3.8) is 0 Å². The van der Waals surface area contributed by atoms with Crippen LogP contribution < -0.4 is 11.1 Å². The monoisotopic (exact) mass is 255 g/mol. The van der Waals surface area contributed by atoms with Gasteiger partial charge in [-0.25, -0.2) is 13.4 Å². The van der Waals surface area contributed by atoms with Gasteiger partial charge < -0.3 is 11.1 Å². The highest BCUT2D eigenvalue weighted by Gasteiger charge is 2.30. The van der Waals surface area contributed by atoms with Crippen molar-refractivity contribution in [2.24, 2.45) is 0 Å². The van der Waals surface area contributed by atoms with Gasteiger partial charge in [0.15, 0.2) is 9.84 Å². The second-order valence-corrected chi connectivity index (χ2v) is 6.84. The Bertz CT molecular complexity index is 513. The molecule has 1 saturated heterocycles. The van der Waals surface area contributed by atoms with Gasteiger partial charge >= 0.3 is 0 Å². The average Bonchev–Trinajstić information content (AvgIpc) is 2.60. The van der Waals surface area contributed by atoms with Gasteiger partial charge in [0.05, 0.1) is 11.0 Å². The number of pyridine rings is 1. The molecular formula is C11H17N3O2S. The number of hydrogen-bond acceptors (Lipinski definition) is 5. The van der Waals surface area contributed by atoms with Gasteiger partial charge in [-0.1, -0.05) is 0 Å². The lowest BCUT2D eigenvalue weighted by Crippen LogP contribution is -2.25. The van der Waals surface area contributed by atoms with Crippen molar-refractivity contribution in [2.45, 2.75) is 25.0 Å². The first-order chi connectivity index (χ1) is 7.99. The molecule has 1 aliphatic heterocycles. The van der Waals surface area contributed by atoms with E-state index in [1.54, 1.807) is 12.3 Å². The predicted octanol–water partition coefficient (Wildman–Crippen LogP) is 0.961. The van der Waals surface area contributed by atoms with Crippen molar-refractivity contribution in [1.29, 1.82) is 0 Å². The van der Waals surface area contributed by atoms with Gasteiger partial charge in [-0.2, -0.15) is 0 Å². The largest absolute Gasteiger partial charge is 0.398 e. The fourth-order valence-electron chi connectivity index (χ4n) is 1.94. The second kappa shape index (κ2) is 4.52. The molecule has 1 aromatic rings. The molecular weight excluding hydrogens is 238 g/mol. The smallest absolute Gasteiger partial charge is 0.154 e. The number of nitrogens with one attached hydrogen (secondary N) is 1. The second-order valence-electron chi connectivity index (χ2n) is 4.44. The molecule has 1 atom stereocenters. The van der Waals surface area contributed by atoms with Gasteiger partial charge in [0.25, 0.3) is 0 Å². The number of aromatic nitrogens is 1. The Kier molecular flexibility index (Phi) is 3.24. The molecule has 0 aliphatic carbocycles. The van der Waals surface area contributed by atoms with E-state index in [9.17, 15) is 8.42 Å². The number of nitrogen functional groups attached to an aromatic ring is 1. The molecule has 2 heterocycles. The Morgan fingerprint density at radius 1 is 1.59 bits per heavy atom. The number of nitrogens with zero attached hydrogens (tertiary/aromatic N) is 1. The molecule has 0 amide bonds. The molecule has 0 bridgehead atoms. The normalized spacial score (nSPS) is 22.5. The van der Waals surface area contributed by atoms with Crippen molar-refractivity contribution in [2.75, 3.05) is 23.3 Å². The molecule has 2 rings (SSSR count). The molecule has 3 N–H and O–H groups in total. The Hall–Kier alpha value is -1.30. The van der Waals surface area contributed by atoms with E-state index in [0.29, 0.717) is 23.8 Å². The van der Waals surface area contributed by atoms with Crippen LogP contribution in [0.4, 0.5) is 11.5 Å². The van der Waals surface area contributed by atoms with Crippen LogP contribution in [0.5, 0.6) is 0 Å². The SMILES string of the molecule is Cc1cnc(NCC2CCCS2(=O)=O)cc1N. The Morgan fingerprint density at radius 2 is 2.35 bits per heavy atom. The molecule has 1 aliphatic rings. The summed E-state index contributed by atoms with van der Waals surface area (Å²) >= 11 is 0. The summed E-state index contributed by atoms with van der Waals surface area (Å²) in [7, 11) is -2.90. The summed E-state index contributed by atoms with van der Waals surface area (Å²) in [6.07, 6.45) is 3.18. The van der Waals surface area contributed by atoms with E-state index in [1.165, 1.54) is 0 Å². The van der Waals surface area contributed by atoms with Gasteiger partial charge in [0, 0.05) is 24.5 Å². The minimum Gasteiger partial charge on any atom is -0.398 e. The zero-order valence-electron chi connectivity index (χ0n) is 9.81. The molecule has 5 nitrogen and oxygen atoms in total. The molecule has 0 saturated carbocycles. The van der Waals surface area contributed by atoms with Gasteiger partial charge in [0.1, 0.15) is 5.82 Å². The topological polar surface area (TPSA) is 85.1 Å². The molecule has 0 aromatic carbocycles. The molecule has 94 valence electrons. The predicted molar refractivity (Wildman–Crippen MR) is 68.7 cm³/mol. The summed E-state index contributed by atoms with van der Waals surface area (Å²) in [5.74, 6) is 0.943. The fourth-order valence-corrected chi connectivity index (χ4v) is 3.71. The lowest BCUT2D eigenvalue weighted by Gasteiger charge is -2.12. The van der Waals surface area contributed by atoms with Crippen molar-refractivity contribution in [1.82, 2.24) is 4.98 Å². The van der Waals surface area contributed by atoms with Crippen LogP contribution in [0.25, 0.3) is 0 Å². The van der Waals surface area contributed by atoms with Crippen LogP contribution >= 0.6 is 0 Å². The third-order valence-corrected chi connectivity index (χ3v) is 5.39. The number of aryl methyl sites for hydroxylation is 1. The third-order valence-electron chi connectivity index (χ3n) is 3.12. The van der Waals surface area contributed by atoms with Crippen LogP contribution in [-0.4, -0.2) is 30.9 Å². The Morgan fingerprint density at radius 3 is 2.94 bits per heavy atom. The average molecular weight is 255 g/mol. The molecule has 6 heteroatoms. The van der Waals surface area contributed by atoms with Gasteiger partial charge in [-0.15, -0.1) is 0 Å². The number of anilines is 2. The lowest BCUT2D eigenvalue weighted by atomic mass is 10.2. The van der Waals surface area contributed by atoms with Crippen molar-refractivity contribution in [3.8, 4) is 0 Å². The molecule has 1 aromatic heterocycles. The van der Waals surface area contributed by atoms with Gasteiger partial charge in [-0.3, -0.25) is 0 Å². The van der Waals surface area contributed by atoms with Gasteiger partial charge in [-0.05, 0) is 25.3 Å². The number of sulfone groups is 1. The molecule has 1 unspecified atom stereocenters. The quantitative estimate of drug-likeness (QED) is 0.840. The number of nitrogens with two attached hydrogens (primary N) is 1. The first-order valence-corrected chi connectivity index (χ1v) is 7.38. The van der Waals surface area contributed by atoms with Crippen molar-refractivity contribution < 1.29 is 8.42 Å². The zero-order valence-corrected chi connectivity index (χ0v) is 10.6. The maximum atomic E-state index is 11.6. The number of rotatable bonds is 3. The van der Waals surface area contributed by atoms with Gasteiger partial charge in [0.2, 0.25) is 0 Å². The van der Waals surface area contributed by atoms with E-state index in [0.717, 1.165) is 18.4 Å². The standard InChI is InChI=1S/C11H17N3O2S/c1-8-6-13-11(5-10(8)12)14-7-9-3-2-4-17(9,15)16/h5-6,9H,2-4,7H2,1H3,(H3,12,13,14). The van der Waals surface area contributed by atoms with E-state index in [2.05, 4.69) is 10.3 Å². The zero-order chi connectivity index (χ0) is 12.5. The van der Waals surface area contributed by atoms with Crippen LogP contribution in [0.3, 0.4) is 0 Å². The number of hydrogen-bond donors (Lipinski definition) is 2. The minimum atomic E-state index is -2.90. The first-order valence-electron chi connectivity index (χ1n) is 5.66. The highest BCUT2D eigenvalue weighted by molar-refractivity contribution is 7.92. The molecule has 17 heavy (non-hydrogen) atoms. The Balaban J connectivity index is 2.00. The summed E-state index contributed by atoms with van der Waals surface area (Å²) in [6, 6.07) is 1.73. The fraction of sp³-hybridized carbons (Fsp3) is 0.545. The van der Waals surface area contributed by atoms with Crippen LogP contribution in [0.2, 0.25) is 0 Å². The van der Waals surface area contributed by atoms with Crippen LogP contribution in [0.1, 0.15) is 18.4 Å². The highest BCUT2D eigenvalue weighted by Crippen LogP contribution is 2.21. The van der Waals surface area contributed by atoms with E-state index in [1.807, 2.05) is 6.92 Å². The maximum Gasteiger partial charge on any atom is 0.154 e. The minimum absolute atomic E-state index is 0.285. The van der Waals surface area contributed by atoms with E-state index >= 15 is 0 Å². The van der Waals surface area contributed by atoms with E-state index in [-0.39, 0.29) is 5.25 Å². The summed E-state index contributed by atoms with van der Waals surface area (Å²) < 4.78 is 23.2. The van der Waals surface area contributed by atoms with Crippen LogP contribution in [-0.2, 0) is 9.84 Å². The van der Waals surface area contributed by atoms with Crippen LogP contribution in [0.15, 0.2) is 12.3 Å². The van der Waals surface area contributed by atoms with Crippen molar-refractivity contribution in [3.05, 3.63) is 17.8 Å². The summed E-state index contributed by atoms with van der Waals surface area (Å²) in [6.45, 7) is 2.30. The lowest BCUT2D eigenvalue weighted by molar-refractivity contribution is 0.591. The molecule has 1 fully saturated rings. The first kappa shape index (κ1) is 12.2. The third kappa shape index (κ3) is 2.69. The van der Waals surface area contributed by atoms with E-state index < -0.39 is 9.84 Å². The summed E-state index contributed by atoms with van der Waals surface area (Å²) in [5, 5.41) is 2.75. The van der Waals surface area contributed by atoms with Crippen LogP contribution in [0, 0.1) is 6.92 Å². The molecule has 0 spiro atoms. The van der Waals surface area contributed by atoms with E-state index in [4.69, 9.17) is 5.73 Å². The molecule has 0 radical (unpaired) electrons. The Labute approximate surface area is 101 Å². The maximum absolute atomic E-state index is 11.6. The summed E-state index contributed by atoms with van der Waals surface area (Å²) in [5.41, 5.74) is 7.34. The van der Waals surface area contributed by atoms with Crippen molar-refractivity contribution >= 4 is 21.3 Å². The summed E-state index contributed by atoms with van der Waals surface area (Å²) in [4.78, 5) is 4.16.